The molecule has 2 bridgehead atoms. The summed E-state index contributed by atoms with van der Waals surface area (Å²) < 4.78 is 54.7. The van der Waals surface area contributed by atoms with Gasteiger partial charge in [-0.3, -0.25) is 14.4 Å². The van der Waals surface area contributed by atoms with E-state index in [9.17, 15) is 32.7 Å². The van der Waals surface area contributed by atoms with E-state index in [1.54, 1.807) is 37.3 Å². The average molecular weight is 572 g/mol. The van der Waals surface area contributed by atoms with Gasteiger partial charge in [-0.1, -0.05) is 30.3 Å². The molecule has 2 N–H and O–H groups in total. The Balaban J connectivity index is 1.59. The van der Waals surface area contributed by atoms with Crippen LogP contribution in [0, 0.1) is 17.5 Å². The Hall–Kier alpha value is -4.16. The van der Waals surface area contributed by atoms with Gasteiger partial charge in [-0.15, -0.1) is 0 Å². The first-order valence-electron chi connectivity index (χ1n) is 13.0. The molecule has 0 aliphatic carbocycles. The van der Waals surface area contributed by atoms with Crippen molar-refractivity contribution in [3.63, 3.8) is 0 Å². The molecule has 0 unspecified atom stereocenters. The summed E-state index contributed by atoms with van der Waals surface area (Å²) in [6, 6.07) is 8.66. The summed E-state index contributed by atoms with van der Waals surface area (Å²) in [4.78, 5) is 42.1. The Morgan fingerprint density at radius 1 is 1.12 bits per heavy atom. The number of hydrogen-bond acceptors (Lipinski definition) is 6. The van der Waals surface area contributed by atoms with Gasteiger partial charge in [-0.05, 0) is 12.5 Å². The van der Waals surface area contributed by atoms with Crippen molar-refractivity contribution in [2.45, 2.75) is 50.8 Å². The number of carbonyl (C=O) groups is 2. The van der Waals surface area contributed by atoms with Crippen LogP contribution in [0.3, 0.4) is 0 Å². The van der Waals surface area contributed by atoms with Gasteiger partial charge in [0.05, 0.1) is 24.3 Å². The van der Waals surface area contributed by atoms with Gasteiger partial charge in [-0.25, -0.2) is 13.2 Å². The van der Waals surface area contributed by atoms with Gasteiger partial charge in [0, 0.05) is 50.5 Å². The first-order valence-corrected chi connectivity index (χ1v) is 13.0. The lowest BCUT2D eigenvalue weighted by Crippen LogP contribution is -2.51. The highest BCUT2D eigenvalue weighted by Gasteiger charge is 2.45. The van der Waals surface area contributed by atoms with Crippen molar-refractivity contribution in [1.29, 1.82) is 0 Å². The Morgan fingerprint density at radius 2 is 1.80 bits per heavy atom. The summed E-state index contributed by atoms with van der Waals surface area (Å²) >= 11 is 0. The van der Waals surface area contributed by atoms with Crippen molar-refractivity contribution in [3.8, 4) is 5.75 Å². The Morgan fingerprint density at radius 3 is 2.46 bits per heavy atom. The highest BCUT2D eigenvalue weighted by atomic mass is 19.1. The van der Waals surface area contributed by atoms with Crippen LogP contribution in [-0.2, 0) is 17.9 Å². The smallest absolute Gasteiger partial charge is 0.274 e. The van der Waals surface area contributed by atoms with E-state index in [4.69, 9.17) is 9.47 Å². The maximum absolute atomic E-state index is 14.2. The Bertz CT molecular complexity index is 1520. The summed E-state index contributed by atoms with van der Waals surface area (Å²) in [5, 5.41) is 13.0. The molecule has 0 saturated carbocycles. The molecule has 1 aromatic heterocycles. The van der Waals surface area contributed by atoms with Crippen molar-refractivity contribution in [1.82, 2.24) is 14.8 Å². The molecule has 3 heterocycles. The van der Waals surface area contributed by atoms with E-state index in [0.717, 1.165) is 0 Å². The number of aliphatic hydroxyl groups is 1. The van der Waals surface area contributed by atoms with Gasteiger partial charge in [0.2, 0.25) is 5.43 Å². The predicted octanol–water partition coefficient (Wildman–Crippen LogP) is 2.94. The van der Waals surface area contributed by atoms with Crippen LogP contribution in [0.4, 0.5) is 13.2 Å². The molecule has 1 fully saturated rings. The second-order valence-electron chi connectivity index (χ2n) is 10.1. The van der Waals surface area contributed by atoms with Crippen LogP contribution in [0.25, 0.3) is 0 Å². The molecular formula is C29H28F3N3O6. The molecule has 2 aliphatic heterocycles. The van der Waals surface area contributed by atoms with Crippen molar-refractivity contribution >= 4 is 11.8 Å². The largest absolute Gasteiger partial charge is 0.483 e. The van der Waals surface area contributed by atoms with Crippen molar-refractivity contribution in [2.24, 2.45) is 0 Å². The number of rotatable bonds is 7. The monoisotopic (exact) mass is 571 g/mol. The number of hydrogen-bond donors (Lipinski definition) is 2. The molecule has 41 heavy (non-hydrogen) atoms. The van der Waals surface area contributed by atoms with Gasteiger partial charge in [0.25, 0.3) is 11.8 Å². The molecule has 1 saturated heterocycles. The van der Waals surface area contributed by atoms with E-state index in [0.29, 0.717) is 17.7 Å². The molecule has 3 aromatic rings. The molecule has 4 atom stereocenters. The molecular weight excluding hydrogens is 543 g/mol. The van der Waals surface area contributed by atoms with Gasteiger partial charge in [-0.2, -0.15) is 0 Å². The molecule has 2 amide bonds. The first-order chi connectivity index (χ1) is 19.6. The number of nitrogens with one attached hydrogen (secondary N) is 1. The predicted molar refractivity (Wildman–Crippen MR) is 140 cm³/mol. The quantitative estimate of drug-likeness (QED) is 0.452. The number of aromatic nitrogens is 1. The van der Waals surface area contributed by atoms with Crippen molar-refractivity contribution < 1.29 is 37.3 Å². The van der Waals surface area contributed by atoms with Crippen LogP contribution in [0.15, 0.2) is 53.5 Å². The van der Waals surface area contributed by atoms with Crippen LogP contribution >= 0.6 is 0 Å². The number of fused-ring (bicyclic) bond motifs is 4. The molecule has 9 nitrogen and oxygen atoms in total. The van der Waals surface area contributed by atoms with E-state index in [-0.39, 0.29) is 31.0 Å². The highest BCUT2D eigenvalue weighted by Crippen LogP contribution is 2.36. The van der Waals surface area contributed by atoms with Crippen molar-refractivity contribution in [3.05, 3.63) is 98.7 Å². The maximum atomic E-state index is 14.2. The Kier molecular flexibility index (Phi) is 7.87. The molecule has 216 valence electrons. The number of aliphatic hydroxyl groups excluding tert-OH is 1. The van der Waals surface area contributed by atoms with Crippen LogP contribution in [0.5, 0.6) is 5.75 Å². The summed E-state index contributed by atoms with van der Waals surface area (Å²) in [6.45, 7) is 1.07. The van der Waals surface area contributed by atoms with Crippen LogP contribution in [0.1, 0.15) is 51.4 Å². The minimum Gasteiger partial charge on any atom is -0.483 e. The van der Waals surface area contributed by atoms with Crippen LogP contribution < -0.4 is 15.5 Å². The lowest BCUT2D eigenvalue weighted by Gasteiger charge is -2.39. The molecule has 5 rings (SSSR count). The van der Waals surface area contributed by atoms with E-state index in [2.05, 4.69) is 5.32 Å². The highest BCUT2D eigenvalue weighted by molar-refractivity contribution is 5.99. The fraction of sp³-hybridized carbons (Fsp3) is 0.345. The number of nitrogens with zero attached hydrogens (tertiary/aromatic N) is 2. The minimum absolute atomic E-state index is 0.0933. The maximum Gasteiger partial charge on any atom is 0.274 e. The normalized spacial score (nSPS) is 21.7. The molecule has 0 spiro atoms. The first kappa shape index (κ1) is 28.4. The topological polar surface area (TPSA) is 110 Å². The molecule has 2 aliphatic rings. The van der Waals surface area contributed by atoms with E-state index < -0.39 is 76.7 Å². The van der Waals surface area contributed by atoms with Crippen molar-refractivity contribution in [2.75, 3.05) is 13.7 Å². The third-order valence-corrected chi connectivity index (χ3v) is 7.65. The average Bonchev–Trinajstić information content (AvgIpc) is 3.05. The van der Waals surface area contributed by atoms with E-state index in [1.807, 2.05) is 0 Å². The van der Waals surface area contributed by atoms with Crippen LogP contribution in [0.2, 0.25) is 0 Å². The lowest BCUT2D eigenvalue weighted by molar-refractivity contribution is 0.0213. The van der Waals surface area contributed by atoms with Gasteiger partial charge < -0.3 is 29.4 Å². The summed E-state index contributed by atoms with van der Waals surface area (Å²) in [7, 11) is 1.46. The second-order valence-corrected chi connectivity index (χ2v) is 10.1. The van der Waals surface area contributed by atoms with E-state index >= 15 is 0 Å². The zero-order chi connectivity index (χ0) is 29.4. The third-order valence-electron chi connectivity index (χ3n) is 7.65. The number of ether oxygens (including phenoxy) is 2. The van der Waals surface area contributed by atoms with Gasteiger partial charge in [0.15, 0.2) is 11.4 Å². The number of halogens is 3. The van der Waals surface area contributed by atoms with Gasteiger partial charge in [0.1, 0.15) is 29.6 Å². The third kappa shape index (κ3) is 5.32. The second kappa shape index (κ2) is 11.4. The number of methoxy groups -OCH3 is 1. The lowest BCUT2D eigenvalue weighted by atomic mass is 10.0. The minimum atomic E-state index is -1.20. The fourth-order valence-corrected chi connectivity index (χ4v) is 5.32. The van der Waals surface area contributed by atoms with Crippen LogP contribution in [-0.4, -0.2) is 58.3 Å². The number of pyridine rings is 1. The number of carbonyl (C=O) groups excluding carboxylic acids is 2. The number of benzene rings is 2. The van der Waals surface area contributed by atoms with E-state index in [1.165, 1.54) is 22.8 Å². The number of amides is 2. The molecule has 2 aromatic carbocycles. The summed E-state index contributed by atoms with van der Waals surface area (Å²) in [5.41, 5.74) is -1.33. The Labute approximate surface area is 233 Å². The van der Waals surface area contributed by atoms with Gasteiger partial charge >= 0.3 is 0 Å². The molecule has 12 heteroatoms. The standard InChI is InChI=1S/C29H28F3N3O6/c1-15-23(36)10-24(40-2)22-13-34(15)29(39)25-27(41-14-16-6-4-3-5-7-16)26(37)19(12-35(22)25)28(38)33-11-18-20(31)8-17(30)9-21(18)32/h3-9,12,15,22-24,36H,10-11,13-14H2,1-2H3,(H,33,38)/t15-,22+,23-,24+/m0/s1. The fourth-order valence-electron chi connectivity index (χ4n) is 5.32. The zero-order valence-corrected chi connectivity index (χ0v) is 22.3. The molecule has 0 radical (unpaired) electrons. The SMILES string of the molecule is CO[C@@H]1C[C@H](O)[C@H](C)N2C[C@H]1n1cc(C(=O)NCc3c(F)cc(F)cc3F)c(=O)c(OCc3ccccc3)c1C2=O. The summed E-state index contributed by atoms with van der Waals surface area (Å²) in [5.74, 6) is -5.43. The summed E-state index contributed by atoms with van der Waals surface area (Å²) in [6.07, 6.45) is -0.115. The zero-order valence-electron chi connectivity index (χ0n) is 22.3.